The normalized spacial score (nSPS) is 17.1. The maximum absolute atomic E-state index is 13.0. The van der Waals surface area contributed by atoms with Gasteiger partial charge in [-0.15, -0.1) is 0 Å². The predicted octanol–water partition coefficient (Wildman–Crippen LogP) is 1.32. The predicted molar refractivity (Wildman–Crippen MR) is 112 cm³/mol. The molecule has 0 unspecified atom stereocenters. The minimum absolute atomic E-state index is 0.0442. The molecule has 31 heavy (non-hydrogen) atoms. The largest absolute Gasteiger partial charge is 0.347 e. The molecule has 2 heterocycles. The van der Waals surface area contributed by atoms with Gasteiger partial charge in [-0.3, -0.25) is 14.3 Å². The molecule has 1 aromatic carbocycles. The van der Waals surface area contributed by atoms with Crippen molar-refractivity contribution in [3.05, 3.63) is 52.3 Å². The molecule has 0 radical (unpaired) electrons. The zero-order chi connectivity index (χ0) is 22.4. The van der Waals surface area contributed by atoms with Gasteiger partial charge in [0.1, 0.15) is 10.4 Å². The van der Waals surface area contributed by atoms with E-state index in [2.05, 4.69) is 10.4 Å². The van der Waals surface area contributed by atoms with Gasteiger partial charge in [0.05, 0.1) is 11.6 Å². The molecule has 9 nitrogen and oxygen atoms in total. The van der Waals surface area contributed by atoms with Crippen LogP contribution in [0.15, 0.2) is 24.3 Å². The Kier molecular flexibility index (Phi) is 5.27. The number of nitrogens with zero attached hydrogens (tertiary/aromatic N) is 4. The highest BCUT2D eigenvalue weighted by atomic mass is 35.7. The van der Waals surface area contributed by atoms with Crippen molar-refractivity contribution in [1.29, 1.82) is 5.26 Å². The maximum atomic E-state index is 13.0. The molecule has 1 N–H and O–H groups in total. The smallest absolute Gasteiger partial charge is 0.272 e. The fourth-order valence-electron chi connectivity index (χ4n) is 3.83. The molecule has 2 aromatic rings. The van der Waals surface area contributed by atoms with E-state index in [-0.39, 0.29) is 30.4 Å². The fraction of sp³-hybridized carbons (Fsp3) is 0.400. The van der Waals surface area contributed by atoms with Gasteiger partial charge in [-0.25, -0.2) is 8.42 Å². The highest BCUT2D eigenvalue weighted by molar-refractivity contribution is 8.15. The van der Waals surface area contributed by atoms with Crippen molar-refractivity contribution < 1.29 is 18.0 Å². The molecular weight excluding hydrogens is 442 g/mol. The Morgan fingerprint density at radius 1 is 1.32 bits per heavy atom. The Hall–Kier alpha value is -2.90. The van der Waals surface area contributed by atoms with E-state index < -0.39 is 19.7 Å². The van der Waals surface area contributed by atoms with Gasteiger partial charge in [-0.05, 0) is 37.0 Å². The zero-order valence-electron chi connectivity index (χ0n) is 16.8. The van der Waals surface area contributed by atoms with Crippen LogP contribution in [-0.2, 0) is 29.1 Å². The quantitative estimate of drug-likeness (QED) is 0.647. The van der Waals surface area contributed by atoms with Crippen LogP contribution in [0, 0.1) is 11.3 Å². The second-order valence-corrected chi connectivity index (χ2v) is 10.8. The van der Waals surface area contributed by atoms with Gasteiger partial charge in [0, 0.05) is 42.9 Å². The second kappa shape index (κ2) is 7.66. The fourth-order valence-corrected chi connectivity index (χ4v) is 5.34. The van der Waals surface area contributed by atoms with Crippen LogP contribution >= 0.6 is 10.7 Å². The lowest BCUT2D eigenvalue weighted by Crippen LogP contribution is -2.45. The van der Waals surface area contributed by atoms with Crippen molar-refractivity contribution >= 4 is 31.5 Å². The summed E-state index contributed by atoms with van der Waals surface area (Å²) >= 11 is 0. The van der Waals surface area contributed by atoms with Crippen LogP contribution in [-0.4, -0.2) is 52.7 Å². The van der Waals surface area contributed by atoms with E-state index in [1.165, 1.54) is 9.58 Å². The Labute approximate surface area is 184 Å². The molecule has 1 saturated carbocycles. The van der Waals surface area contributed by atoms with Crippen molar-refractivity contribution in [2.45, 2.75) is 30.6 Å². The summed E-state index contributed by atoms with van der Waals surface area (Å²) in [7, 11) is 3.39. The number of nitrogens with one attached hydrogen (secondary N) is 1. The van der Waals surface area contributed by atoms with Crippen LogP contribution in [0.1, 0.15) is 50.5 Å². The summed E-state index contributed by atoms with van der Waals surface area (Å²) < 4.78 is 24.0. The Balaban J connectivity index is 1.49. The first-order valence-corrected chi connectivity index (χ1v) is 12.0. The molecular formula is C20H20ClN5O4S. The van der Waals surface area contributed by atoms with Crippen LogP contribution in [0.3, 0.4) is 0 Å². The van der Waals surface area contributed by atoms with Gasteiger partial charge >= 0.3 is 0 Å². The maximum Gasteiger partial charge on any atom is 0.272 e. The zero-order valence-corrected chi connectivity index (χ0v) is 18.3. The third-order valence-electron chi connectivity index (χ3n) is 5.82. The summed E-state index contributed by atoms with van der Waals surface area (Å²) in [5.41, 5.74) is 2.39. The molecule has 1 aliphatic carbocycles. The number of rotatable bonds is 6. The highest BCUT2D eigenvalue weighted by Crippen LogP contribution is 2.46. The lowest BCUT2D eigenvalue weighted by Gasteiger charge is -2.30. The Morgan fingerprint density at radius 2 is 2.00 bits per heavy atom. The van der Waals surface area contributed by atoms with Crippen LogP contribution in [0.5, 0.6) is 0 Å². The summed E-state index contributed by atoms with van der Waals surface area (Å²) in [5, 5.41) is 15.9. The average Bonchev–Trinajstić information content (AvgIpc) is 3.45. The highest BCUT2D eigenvalue weighted by Gasteiger charge is 2.55. The standard InChI is InChI=1S/C20H20ClN5O4S/c1-25-17-15(6-9-26(19(17)28)12-20(7-8-20)31(21,29)30)16(24-25)18(27)23-11-14-4-2-13(10-22)3-5-14/h2-5H,6-9,11-12H2,1H3,(H,23,27). The summed E-state index contributed by atoms with van der Waals surface area (Å²) in [6.45, 7) is 0.593. The van der Waals surface area contributed by atoms with Crippen molar-refractivity contribution in [1.82, 2.24) is 20.0 Å². The first-order chi connectivity index (χ1) is 14.6. The summed E-state index contributed by atoms with van der Waals surface area (Å²) in [5.74, 6) is -0.751. The SMILES string of the molecule is Cn1nc(C(=O)NCc2ccc(C#N)cc2)c2c1C(=O)N(CC1(S(=O)(=O)Cl)CC1)CC2. The number of aryl methyl sites for hydroxylation is 1. The Morgan fingerprint density at radius 3 is 2.58 bits per heavy atom. The lowest BCUT2D eigenvalue weighted by molar-refractivity contribution is 0.0724. The number of hydrogen-bond acceptors (Lipinski definition) is 6. The molecule has 2 amide bonds. The number of hydrogen-bond donors (Lipinski definition) is 1. The molecule has 2 aliphatic rings. The third-order valence-corrected chi connectivity index (χ3v) is 8.38. The van der Waals surface area contributed by atoms with E-state index in [4.69, 9.17) is 15.9 Å². The molecule has 4 rings (SSSR count). The molecule has 0 bridgehead atoms. The Bertz CT molecular complexity index is 1210. The molecule has 0 spiro atoms. The van der Waals surface area contributed by atoms with E-state index >= 15 is 0 Å². The van der Waals surface area contributed by atoms with Crippen molar-refractivity contribution in [3.63, 3.8) is 0 Å². The molecule has 11 heteroatoms. The first-order valence-electron chi connectivity index (χ1n) is 9.72. The number of aromatic nitrogens is 2. The van der Waals surface area contributed by atoms with Crippen molar-refractivity contribution in [3.8, 4) is 6.07 Å². The van der Waals surface area contributed by atoms with Gasteiger partial charge in [-0.1, -0.05) is 12.1 Å². The number of carbonyl (C=O) groups excluding carboxylic acids is 2. The minimum atomic E-state index is -3.77. The summed E-state index contributed by atoms with van der Waals surface area (Å²) in [4.78, 5) is 27.2. The number of amides is 2. The molecule has 162 valence electrons. The van der Waals surface area contributed by atoms with E-state index in [9.17, 15) is 18.0 Å². The lowest BCUT2D eigenvalue weighted by atomic mass is 10.0. The summed E-state index contributed by atoms with van der Waals surface area (Å²) in [6, 6.07) is 8.90. The monoisotopic (exact) mass is 461 g/mol. The van der Waals surface area contributed by atoms with E-state index in [0.29, 0.717) is 36.9 Å². The van der Waals surface area contributed by atoms with Gasteiger partial charge in [0.2, 0.25) is 9.05 Å². The summed E-state index contributed by atoms with van der Waals surface area (Å²) in [6.07, 6.45) is 1.26. The van der Waals surface area contributed by atoms with Crippen LogP contribution in [0.4, 0.5) is 0 Å². The molecule has 1 fully saturated rings. The average molecular weight is 462 g/mol. The van der Waals surface area contributed by atoms with Gasteiger partial charge in [0.15, 0.2) is 5.69 Å². The third kappa shape index (κ3) is 3.91. The first kappa shape index (κ1) is 21.3. The van der Waals surface area contributed by atoms with Crippen LogP contribution < -0.4 is 5.32 Å². The van der Waals surface area contributed by atoms with Crippen molar-refractivity contribution in [2.75, 3.05) is 13.1 Å². The molecule has 0 atom stereocenters. The van der Waals surface area contributed by atoms with Gasteiger partial charge in [-0.2, -0.15) is 10.4 Å². The van der Waals surface area contributed by atoms with Gasteiger partial charge < -0.3 is 10.2 Å². The topological polar surface area (TPSA) is 125 Å². The number of carbonyl (C=O) groups is 2. The van der Waals surface area contributed by atoms with E-state index in [1.807, 2.05) is 6.07 Å². The molecule has 1 aliphatic heterocycles. The van der Waals surface area contributed by atoms with Gasteiger partial charge in [0.25, 0.3) is 11.8 Å². The van der Waals surface area contributed by atoms with Crippen LogP contribution in [0.25, 0.3) is 0 Å². The number of fused-ring (bicyclic) bond motifs is 1. The van der Waals surface area contributed by atoms with E-state index in [1.54, 1.807) is 31.3 Å². The van der Waals surface area contributed by atoms with E-state index in [0.717, 1.165) is 5.56 Å². The minimum Gasteiger partial charge on any atom is -0.347 e. The number of nitriles is 1. The number of benzene rings is 1. The van der Waals surface area contributed by atoms with Crippen LogP contribution in [0.2, 0.25) is 0 Å². The number of halogens is 1. The molecule has 0 saturated heterocycles. The molecule has 1 aromatic heterocycles. The van der Waals surface area contributed by atoms with Crippen molar-refractivity contribution in [2.24, 2.45) is 7.05 Å². The second-order valence-electron chi connectivity index (χ2n) is 7.89.